The third kappa shape index (κ3) is 7.04. The molecule has 9 heteroatoms. The number of nitrogens with zero attached hydrogens (tertiary/aromatic N) is 1. The Balaban J connectivity index is 1.83. The number of amides is 1. The van der Waals surface area contributed by atoms with Crippen LogP contribution in [0.3, 0.4) is 0 Å². The van der Waals surface area contributed by atoms with Gasteiger partial charge in [-0.25, -0.2) is 8.42 Å². The van der Waals surface area contributed by atoms with E-state index in [0.717, 1.165) is 19.9 Å². The topological polar surface area (TPSA) is 66.5 Å². The first-order valence-electron chi connectivity index (χ1n) is 10.2. The highest BCUT2D eigenvalue weighted by molar-refractivity contribution is 9.10. The van der Waals surface area contributed by atoms with Crippen LogP contribution >= 0.6 is 39.1 Å². The molecule has 0 aromatic heterocycles. The molecule has 1 unspecified atom stereocenters. The minimum Gasteiger partial charge on any atom is -0.348 e. The van der Waals surface area contributed by atoms with Crippen molar-refractivity contribution < 1.29 is 13.2 Å². The molecule has 174 valence electrons. The molecule has 1 amide bonds. The third-order valence-corrected chi connectivity index (χ3v) is 8.10. The molecule has 5 nitrogen and oxygen atoms in total. The highest BCUT2D eigenvalue weighted by Gasteiger charge is 2.29. The van der Waals surface area contributed by atoms with Crippen LogP contribution < -0.4 is 5.32 Å². The second-order valence-electron chi connectivity index (χ2n) is 7.49. The number of halogens is 3. The number of rotatable bonds is 9. The number of hydrogen-bond acceptors (Lipinski definition) is 3. The molecule has 3 rings (SSSR count). The molecule has 0 saturated carbocycles. The Bertz CT molecular complexity index is 1220. The number of hydrogen-bond donors (Lipinski definition) is 1. The SMILES string of the molecule is CC(NC(=O)CN(CCc1ccccc1)S(=O)(=O)c1cc(Cl)ccc1Cl)c1cccc(Br)c1. The maximum atomic E-state index is 13.5. The molecule has 33 heavy (non-hydrogen) atoms. The van der Waals surface area contributed by atoms with Crippen LogP contribution in [-0.4, -0.2) is 31.7 Å². The Kier molecular flexibility index (Phi) is 8.95. The van der Waals surface area contributed by atoms with Crippen LogP contribution in [-0.2, 0) is 21.2 Å². The van der Waals surface area contributed by atoms with Crippen molar-refractivity contribution >= 4 is 55.1 Å². The van der Waals surface area contributed by atoms with E-state index < -0.39 is 15.9 Å². The number of sulfonamides is 1. The number of benzene rings is 3. The highest BCUT2D eigenvalue weighted by Crippen LogP contribution is 2.28. The summed E-state index contributed by atoms with van der Waals surface area (Å²) >= 11 is 15.6. The van der Waals surface area contributed by atoms with Crippen molar-refractivity contribution in [1.29, 1.82) is 0 Å². The predicted molar refractivity (Wildman–Crippen MR) is 136 cm³/mol. The lowest BCUT2D eigenvalue weighted by Crippen LogP contribution is -2.42. The van der Waals surface area contributed by atoms with E-state index in [2.05, 4.69) is 21.2 Å². The van der Waals surface area contributed by atoms with Gasteiger partial charge in [0, 0.05) is 16.0 Å². The average Bonchev–Trinajstić information content (AvgIpc) is 2.78. The molecule has 0 spiro atoms. The van der Waals surface area contributed by atoms with E-state index in [-0.39, 0.29) is 34.1 Å². The zero-order chi connectivity index (χ0) is 24.0. The Morgan fingerprint density at radius 3 is 2.45 bits per heavy atom. The molecular formula is C24H23BrCl2N2O3S. The quantitative estimate of drug-likeness (QED) is 0.350. The Morgan fingerprint density at radius 1 is 1.03 bits per heavy atom. The normalized spacial score (nSPS) is 12.5. The van der Waals surface area contributed by atoms with Crippen molar-refractivity contribution in [2.24, 2.45) is 0 Å². The largest absolute Gasteiger partial charge is 0.348 e. The van der Waals surface area contributed by atoms with E-state index in [1.165, 1.54) is 18.2 Å². The van der Waals surface area contributed by atoms with E-state index in [9.17, 15) is 13.2 Å². The molecule has 0 heterocycles. The summed E-state index contributed by atoms with van der Waals surface area (Å²) in [6, 6.07) is 21.0. The standard InChI is InChI=1S/C24H23BrCl2N2O3S/c1-17(19-8-5-9-20(25)14-19)28-24(30)16-29(13-12-18-6-3-2-4-7-18)33(31,32)23-15-21(26)10-11-22(23)27/h2-11,14-15,17H,12-13,16H2,1H3,(H,28,30). The third-order valence-electron chi connectivity index (χ3n) is 5.05. The molecule has 3 aromatic rings. The summed E-state index contributed by atoms with van der Waals surface area (Å²) in [6.45, 7) is 1.60. The first-order chi connectivity index (χ1) is 15.7. The molecule has 1 atom stereocenters. The summed E-state index contributed by atoms with van der Waals surface area (Å²) < 4.78 is 29.0. The summed E-state index contributed by atoms with van der Waals surface area (Å²) in [4.78, 5) is 12.7. The molecule has 0 fully saturated rings. The van der Waals surface area contributed by atoms with Crippen molar-refractivity contribution in [2.75, 3.05) is 13.1 Å². The summed E-state index contributed by atoms with van der Waals surface area (Å²) in [5.74, 6) is -0.419. The van der Waals surface area contributed by atoms with Crippen molar-refractivity contribution in [1.82, 2.24) is 9.62 Å². The van der Waals surface area contributed by atoms with E-state index >= 15 is 0 Å². The summed E-state index contributed by atoms with van der Waals surface area (Å²) in [5, 5.41) is 3.17. The van der Waals surface area contributed by atoms with Crippen LogP contribution in [0.25, 0.3) is 0 Å². The van der Waals surface area contributed by atoms with Crippen LogP contribution in [0, 0.1) is 0 Å². The molecule has 0 aliphatic carbocycles. The van der Waals surface area contributed by atoms with E-state index in [1.54, 1.807) is 0 Å². The summed E-state index contributed by atoms with van der Waals surface area (Å²) in [6.07, 6.45) is 0.437. The molecule has 0 aliphatic heterocycles. The molecule has 3 aromatic carbocycles. The van der Waals surface area contributed by atoms with E-state index in [1.807, 2.05) is 61.5 Å². The lowest BCUT2D eigenvalue weighted by Gasteiger charge is -2.24. The van der Waals surface area contributed by atoms with Crippen molar-refractivity contribution in [3.63, 3.8) is 0 Å². The van der Waals surface area contributed by atoms with Gasteiger partial charge in [-0.05, 0) is 54.8 Å². The van der Waals surface area contributed by atoms with Gasteiger partial charge in [0.25, 0.3) is 0 Å². The highest BCUT2D eigenvalue weighted by atomic mass is 79.9. The molecule has 0 aliphatic rings. The molecular weight excluding hydrogens is 547 g/mol. The van der Waals surface area contributed by atoms with Crippen LogP contribution in [0.4, 0.5) is 0 Å². The smallest absolute Gasteiger partial charge is 0.245 e. The zero-order valence-electron chi connectivity index (χ0n) is 17.8. The molecule has 0 radical (unpaired) electrons. The second kappa shape index (κ2) is 11.5. The molecule has 1 N–H and O–H groups in total. The minimum absolute atomic E-state index is 0.0482. The van der Waals surface area contributed by atoms with Gasteiger partial charge < -0.3 is 5.32 Å². The number of carbonyl (C=O) groups excluding carboxylic acids is 1. The van der Waals surface area contributed by atoms with E-state index in [4.69, 9.17) is 23.2 Å². The molecule has 0 bridgehead atoms. The van der Waals surface area contributed by atoms with Gasteiger partial charge >= 0.3 is 0 Å². The van der Waals surface area contributed by atoms with Gasteiger partial charge in [-0.1, -0.05) is 81.6 Å². The van der Waals surface area contributed by atoms with Gasteiger partial charge in [0.1, 0.15) is 4.90 Å². The van der Waals surface area contributed by atoms with Gasteiger partial charge in [-0.3, -0.25) is 4.79 Å². The van der Waals surface area contributed by atoms with Crippen molar-refractivity contribution in [3.8, 4) is 0 Å². The fourth-order valence-corrected chi connectivity index (χ4v) is 5.85. The summed E-state index contributed by atoms with van der Waals surface area (Å²) in [5.41, 5.74) is 1.85. The average molecular weight is 570 g/mol. The van der Waals surface area contributed by atoms with Crippen LogP contribution in [0.15, 0.2) is 82.2 Å². The fraction of sp³-hybridized carbons (Fsp3) is 0.208. The van der Waals surface area contributed by atoms with Gasteiger partial charge in [-0.15, -0.1) is 0 Å². The second-order valence-corrected chi connectivity index (χ2v) is 11.2. The van der Waals surface area contributed by atoms with Crippen LogP contribution in [0.5, 0.6) is 0 Å². The summed E-state index contributed by atoms with van der Waals surface area (Å²) in [7, 11) is -4.08. The van der Waals surface area contributed by atoms with Crippen molar-refractivity contribution in [2.45, 2.75) is 24.3 Å². The lowest BCUT2D eigenvalue weighted by atomic mass is 10.1. The number of carbonyl (C=O) groups is 1. The van der Waals surface area contributed by atoms with Gasteiger partial charge in [0.2, 0.25) is 15.9 Å². The monoisotopic (exact) mass is 568 g/mol. The van der Waals surface area contributed by atoms with Crippen LogP contribution in [0.2, 0.25) is 10.0 Å². The Labute approximate surface area is 212 Å². The predicted octanol–water partition coefficient (Wildman–Crippen LogP) is 5.87. The van der Waals surface area contributed by atoms with Gasteiger partial charge in [0.05, 0.1) is 17.6 Å². The van der Waals surface area contributed by atoms with Gasteiger partial charge in [0.15, 0.2) is 0 Å². The lowest BCUT2D eigenvalue weighted by molar-refractivity contribution is -0.121. The zero-order valence-corrected chi connectivity index (χ0v) is 21.8. The Hall–Kier alpha value is -1.90. The first-order valence-corrected chi connectivity index (χ1v) is 13.2. The maximum absolute atomic E-state index is 13.5. The van der Waals surface area contributed by atoms with Crippen LogP contribution in [0.1, 0.15) is 24.1 Å². The molecule has 0 saturated heterocycles. The number of nitrogens with one attached hydrogen (secondary N) is 1. The maximum Gasteiger partial charge on any atom is 0.245 e. The Morgan fingerprint density at radius 2 is 1.76 bits per heavy atom. The van der Waals surface area contributed by atoms with E-state index in [0.29, 0.717) is 6.42 Å². The van der Waals surface area contributed by atoms with Gasteiger partial charge in [-0.2, -0.15) is 4.31 Å². The fourth-order valence-electron chi connectivity index (χ4n) is 3.30. The minimum atomic E-state index is -4.08. The first kappa shape index (κ1) is 25.7. The van der Waals surface area contributed by atoms with Crippen molar-refractivity contribution in [3.05, 3.63) is 98.4 Å².